The van der Waals surface area contributed by atoms with Crippen LogP contribution in [0.5, 0.6) is 0 Å². The maximum absolute atomic E-state index is 12.5. The molecule has 1 aromatic carbocycles. The van der Waals surface area contributed by atoms with E-state index in [1.165, 1.54) is 36.4 Å². The van der Waals surface area contributed by atoms with Crippen molar-refractivity contribution >= 4 is 22.6 Å². The molecule has 5 nitrogen and oxygen atoms in total. The minimum absolute atomic E-state index is 0.0317. The third-order valence-corrected chi connectivity index (χ3v) is 5.66. The standard InChI is InChI=1S/C16H18N4OS/c21-15(18-14-9-17-19-22-14)20-10-13(12-5-2-1-3-6-12)16(11-20)7-4-8-16/h1-3,5-6,9,13H,4,7-8,10-11H2,(H,18,21)/t13-/m0/s1. The number of rotatable bonds is 2. The number of hydrogen-bond donors (Lipinski definition) is 1. The molecule has 1 atom stereocenters. The molecule has 2 aliphatic rings. The molecule has 1 spiro atoms. The second-order valence-corrected chi connectivity index (χ2v) is 7.06. The number of aromatic nitrogens is 2. The van der Waals surface area contributed by atoms with Crippen molar-refractivity contribution in [3.05, 3.63) is 42.1 Å². The first-order chi connectivity index (χ1) is 10.8. The molecule has 0 radical (unpaired) electrons. The van der Waals surface area contributed by atoms with Gasteiger partial charge in [0, 0.05) is 30.5 Å². The van der Waals surface area contributed by atoms with Crippen molar-refractivity contribution in [2.75, 3.05) is 18.4 Å². The molecular formula is C16H18N4OS. The van der Waals surface area contributed by atoms with E-state index in [0.29, 0.717) is 10.9 Å². The lowest BCUT2D eigenvalue weighted by Gasteiger charge is -2.42. The van der Waals surface area contributed by atoms with Gasteiger partial charge in [0.05, 0.1) is 6.20 Å². The monoisotopic (exact) mass is 314 g/mol. The van der Waals surface area contributed by atoms with Gasteiger partial charge in [0.15, 0.2) is 0 Å². The van der Waals surface area contributed by atoms with Crippen molar-refractivity contribution in [1.29, 1.82) is 0 Å². The smallest absolute Gasteiger partial charge is 0.322 e. The number of carbonyl (C=O) groups is 1. The molecule has 2 fully saturated rings. The Labute approximate surface area is 133 Å². The predicted molar refractivity (Wildman–Crippen MR) is 86.0 cm³/mol. The molecule has 0 bridgehead atoms. The summed E-state index contributed by atoms with van der Waals surface area (Å²) in [6.07, 6.45) is 5.31. The molecule has 0 unspecified atom stereocenters. The van der Waals surface area contributed by atoms with E-state index in [2.05, 4.69) is 39.2 Å². The van der Waals surface area contributed by atoms with Gasteiger partial charge in [-0.15, -0.1) is 5.10 Å². The predicted octanol–water partition coefficient (Wildman–Crippen LogP) is 3.34. The number of benzene rings is 1. The normalized spacial score (nSPS) is 22.5. The minimum atomic E-state index is -0.0317. The zero-order valence-electron chi connectivity index (χ0n) is 12.2. The summed E-state index contributed by atoms with van der Waals surface area (Å²) < 4.78 is 3.78. The quantitative estimate of drug-likeness (QED) is 0.925. The number of urea groups is 1. The van der Waals surface area contributed by atoms with E-state index in [9.17, 15) is 4.79 Å². The molecule has 1 aliphatic carbocycles. The average molecular weight is 314 g/mol. The lowest BCUT2D eigenvalue weighted by Crippen LogP contribution is -2.38. The molecular weight excluding hydrogens is 296 g/mol. The van der Waals surface area contributed by atoms with Crippen molar-refractivity contribution in [1.82, 2.24) is 14.5 Å². The molecule has 2 aromatic rings. The average Bonchev–Trinajstić information content (AvgIpc) is 3.14. The Morgan fingerprint density at radius 2 is 2.14 bits per heavy atom. The van der Waals surface area contributed by atoms with Crippen LogP contribution in [0.15, 0.2) is 36.5 Å². The van der Waals surface area contributed by atoms with Gasteiger partial charge in [-0.05, 0) is 23.8 Å². The Bertz CT molecular complexity index is 654. The third-order valence-electron chi connectivity index (χ3n) is 5.08. The van der Waals surface area contributed by atoms with Crippen molar-refractivity contribution in [3.63, 3.8) is 0 Å². The van der Waals surface area contributed by atoms with Crippen molar-refractivity contribution < 1.29 is 4.79 Å². The van der Waals surface area contributed by atoms with Crippen LogP contribution in [0.3, 0.4) is 0 Å². The fourth-order valence-electron chi connectivity index (χ4n) is 3.81. The van der Waals surface area contributed by atoms with Gasteiger partial charge in [0.1, 0.15) is 5.00 Å². The Kier molecular flexibility index (Phi) is 3.33. The van der Waals surface area contributed by atoms with Crippen molar-refractivity contribution in [2.45, 2.75) is 25.2 Å². The summed E-state index contributed by atoms with van der Waals surface area (Å²) in [6, 6.07) is 10.6. The van der Waals surface area contributed by atoms with Gasteiger partial charge >= 0.3 is 6.03 Å². The number of nitrogens with zero attached hydrogens (tertiary/aromatic N) is 3. The highest BCUT2D eigenvalue weighted by atomic mass is 32.1. The van der Waals surface area contributed by atoms with Gasteiger partial charge in [-0.2, -0.15) is 0 Å². The van der Waals surface area contributed by atoms with Crippen LogP contribution in [0.2, 0.25) is 0 Å². The highest BCUT2D eigenvalue weighted by Crippen LogP contribution is 2.55. The lowest BCUT2D eigenvalue weighted by atomic mass is 9.61. The van der Waals surface area contributed by atoms with E-state index in [-0.39, 0.29) is 11.4 Å². The minimum Gasteiger partial charge on any atom is -0.323 e. The van der Waals surface area contributed by atoms with Crippen LogP contribution in [0, 0.1) is 5.41 Å². The molecule has 2 heterocycles. The Morgan fingerprint density at radius 1 is 1.32 bits per heavy atom. The van der Waals surface area contributed by atoms with Crippen LogP contribution in [0.4, 0.5) is 9.80 Å². The van der Waals surface area contributed by atoms with Gasteiger partial charge in [0.2, 0.25) is 0 Å². The molecule has 22 heavy (non-hydrogen) atoms. The first-order valence-corrected chi connectivity index (χ1v) is 8.42. The number of nitrogens with one attached hydrogen (secondary N) is 1. The highest BCUT2D eigenvalue weighted by Gasteiger charge is 2.51. The van der Waals surface area contributed by atoms with Gasteiger partial charge < -0.3 is 4.90 Å². The van der Waals surface area contributed by atoms with Gasteiger partial charge in [0.25, 0.3) is 0 Å². The van der Waals surface area contributed by atoms with Crippen molar-refractivity contribution in [3.8, 4) is 0 Å². The van der Waals surface area contributed by atoms with Gasteiger partial charge in [-0.25, -0.2) is 4.79 Å². The van der Waals surface area contributed by atoms with Crippen LogP contribution in [0.25, 0.3) is 0 Å². The Balaban J connectivity index is 1.53. The number of hydrogen-bond acceptors (Lipinski definition) is 4. The largest absolute Gasteiger partial charge is 0.323 e. The molecule has 1 saturated carbocycles. The first-order valence-electron chi connectivity index (χ1n) is 7.65. The number of amides is 2. The maximum Gasteiger partial charge on any atom is 0.322 e. The number of carbonyl (C=O) groups excluding carboxylic acids is 1. The van der Waals surface area contributed by atoms with E-state index in [4.69, 9.17) is 0 Å². The van der Waals surface area contributed by atoms with Crippen molar-refractivity contribution in [2.24, 2.45) is 5.41 Å². The van der Waals surface area contributed by atoms with Crippen LogP contribution in [-0.4, -0.2) is 33.6 Å². The van der Waals surface area contributed by atoms with E-state index >= 15 is 0 Å². The molecule has 114 valence electrons. The first kappa shape index (κ1) is 13.7. The zero-order valence-corrected chi connectivity index (χ0v) is 13.1. The van der Waals surface area contributed by atoms with Crippen LogP contribution < -0.4 is 5.32 Å². The van der Waals surface area contributed by atoms with Gasteiger partial charge in [-0.1, -0.05) is 41.2 Å². The van der Waals surface area contributed by atoms with Gasteiger partial charge in [-0.3, -0.25) is 5.32 Å². The lowest BCUT2D eigenvalue weighted by molar-refractivity contribution is 0.125. The molecule has 1 N–H and O–H groups in total. The van der Waals surface area contributed by atoms with E-state index in [0.717, 1.165) is 13.1 Å². The Hall–Kier alpha value is -1.95. The van der Waals surface area contributed by atoms with E-state index < -0.39 is 0 Å². The molecule has 6 heteroatoms. The molecule has 1 aromatic heterocycles. The zero-order chi connectivity index (χ0) is 15.0. The van der Waals surface area contributed by atoms with Crippen LogP contribution in [-0.2, 0) is 0 Å². The van der Waals surface area contributed by atoms with Crippen LogP contribution >= 0.6 is 11.5 Å². The maximum atomic E-state index is 12.5. The number of anilines is 1. The second kappa shape index (κ2) is 5.35. The van der Waals surface area contributed by atoms with Crippen LogP contribution in [0.1, 0.15) is 30.7 Å². The van der Waals surface area contributed by atoms with E-state index in [1.54, 1.807) is 6.20 Å². The molecule has 2 amide bonds. The summed E-state index contributed by atoms with van der Waals surface area (Å²) in [6.45, 7) is 1.65. The second-order valence-electron chi connectivity index (χ2n) is 6.27. The summed E-state index contributed by atoms with van der Waals surface area (Å²) >= 11 is 1.21. The fourth-order valence-corrected chi connectivity index (χ4v) is 4.22. The summed E-state index contributed by atoms with van der Waals surface area (Å²) in [5.41, 5.74) is 1.64. The molecule has 1 aliphatic heterocycles. The summed E-state index contributed by atoms with van der Waals surface area (Å²) in [5.74, 6) is 0.452. The summed E-state index contributed by atoms with van der Waals surface area (Å²) in [4.78, 5) is 14.4. The Morgan fingerprint density at radius 3 is 2.77 bits per heavy atom. The van der Waals surface area contributed by atoms with E-state index in [1.807, 2.05) is 11.0 Å². The summed E-state index contributed by atoms with van der Waals surface area (Å²) in [7, 11) is 0. The third kappa shape index (κ3) is 2.27. The summed E-state index contributed by atoms with van der Waals surface area (Å²) in [5, 5.41) is 7.36. The topological polar surface area (TPSA) is 58.1 Å². The molecule has 1 saturated heterocycles. The SMILES string of the molecule is O=C(Nc1cnns1)N1C[C@@H](c2ccccc2)C2(CCC2)C1. The number of likely N-dealkylation sites (tertiary alicyclic amines) is 1. The molecule has 4 rings (SSSR count). The fraction of sp³-hybridized carbons (Fsp3) is 0.438. The highest BCUT2D eigenvalue weighted by molar-refractivity contribution is 7.10.